The van der Waals surface area contributed by atoms with Crippen LogP contribution in [-0.2, 0) is 11.0 Å². The fourth-order valence-corrected chi connectivity index (χ4v) is 6.60. The molecule has 4 nitrogen and oxygen atoms in total. The summed E-state index contributed by atoms with van der Waals surface area (Å²) >= 11 is 15.6. The molecule has 1 fully saturated rings. The lowest BCUT2D eigenvalue weighted by atomic mass is 10.2. The zero-order valence-electron chi connectivity index (χ0n) is 17.5. The Morgan fingerprint density at radius 3 is 2.38 bits per heavy atom. The monoisotopic (exact) mass is 523 g/mol. The minimum Gasteiger partial charge on any atom is -0.285 e. The molecule has 2 aromatic carbocycles. The highest BCUT2D eigenvalue weighted by molar-refractivity contribution is 7.99. The highest BCUT2D eigenvalue weighted by atomic mass is 35.5. The van der Waals surface area contributed by atoms with Crippen LogP contribution in [0.5, 0.6) is 0 Å². The van der Waals surface area contributed by atoms with Gasteiger partial charge in [-0.3, -0.25) is 4.72 Å². The van der Waals surface area contributed by atoms with Gasteiger partial charge in [-0.15, -0.1) is 0 Å². The number of aromatic nitrogens is 1. The lowest BCUT2D eigenvalue weighted by molar-refractivity contribution is 0.380. The predicted octanol–water partition coefficient (Wildman–Crippen LogP) is 7.48. The molecule has 0 amide bonds. The molecule has 0 spiro atoms. The van der Waals surface area contributed by atoms with Crippen molar-refractivity contribution >= 4 is 63.7 Å². The van der Waals surface area contributed by atoms with Crippen LogP contribution in [0, 0.1) is 6.92 Å². The van der Waals surface area contributed by atoms with Crippen molar-refractivity contribution in [2.45, 2.75) is 45.8 Å². The van der Waals surface area contributed by atoms with E-state index in [2.05, 4.69) is 38.3 Å². The number of hydrogen-bond donors (Lipinski definition) is 1. The number of piperidine rings is 1. The van der Waals surface area contributed by atoms with E-state index in [1.165, 1.54) is 37.2 Å². The summed E-state index contributed by atoms with van der Waals surface area (Å²) < 4.78 is 18.0. The second-order valence-electron chi connectivity index (χ2n) is 7.38. The van der Waals surface area contributed by atoms with Gasteiger partial charge >= 0.3 is 0 Å². The number of rotatable bonds is 7. The van der Waals surface area contributed by atoms with Crippen molar-refractivity contribution in [3.8, 4) is 0 Å². The van der Waals surface area contributed by atoms with Crippen LogP contribution in [-0.4, -0.2) is 26.6 Å². The fourth-order valence-electron chi connectivity index (χ4n) is 3.29. The normalized spacial score (nSPS) is 15.5. The van der Waals surface area contributed by atoms with Crippen molar-refractivity contribution in [2.24, 2.45) is 0 Å². The van der Waals surface area contributed by atoms with E-state index in [1.807, 2.05) is 31.0 Å². The molecule has 1 aliphatic rings. The van der Waals surface area contributed by atoms with Gasteiger partial charge in [0, 0.05) is 32.8 Å². The fraction of sp³-hybridized carbons (Fsp3) is 0.261. The van der Waals surface area contributed by atoms with E-state index in [1.54, 1.807) is 30.0 Å². The van der Waals surface area contributed by atoms with Gasteiger partial charge in [-0.25, -0.2) is 13.5 Å². The van der Waals surface area contributed by atoms with Gasteiger partial charge in [0.15, 0.2) is 11.0 Å². The Bertz CT molecular complexity index is 1110. The molecule has 1 saturated heterocycles. The average Bonchev–Trinajstić information content (AvgIpc) is 2.77. The van der Waals surface area contributed by atoms with Crippen molar-refractivity contribution in [3.63, 3.8) is 0 Å². The average molecular weight is 525 g/mol. The maximum Gasteiger partial charge on any atom is 0.152 e. The molecular weight excluding hydrogens is 501 g/mol. The Hall–Kier alpha value is -1.22. The molecule has 0 aliphatic carbocycles. The molecule has 1 aromatic heterocycles. The van der Waals surface area contributed by atoms with Gasteiger partial charge in [0.1, 0.15) is 5.82 Å². The first-order valence-electron chi connectivity index (χ1n) is 10.3. The van der Waals surface area contributed by atoms with Gasteiger partial charge in [0.2, 0.25) is 0 Å². The summed E-state index contributed by atoms with van der Waals surface area (Å²) in [4.78, 5) is 8.53. The molecule has 0 saturated carbocycles. The predicted molar refractivity (Wildman–Crippen MR) is 137 cm³/mol. The SMILES string of the molecule is Cc1nc(NS(=O)c2ccc(Cl)cc2Cl)ccc1Sc1ccc(SN2CCCCC2)cc1. The largest absolute Gasteiger partial charge is 0.285 e. The number of nitrogens with one attached hydrogen (secondary N) is 1. The molecule has 3 aromatic rings. The molecule has 1 aliphatic heterocycles. The molecule has 0 bridgehead atoms. The second kappa shape index (κ2) is 11.3. The summed E-state index contributed by atoms with van der Waals surface area (Å²) in [5.41, 5.74) is 0.867. The quantitative estimate of drug-likeness (QED) is 0.325. The molecular formula is C23H23Cl2N3OS3. The van der Waals surface area contributed by atoms with Crippen molar-refractivity contribution < 1.29 is 4.21 Å². The Kier molecular flexibility index (Phi) is 8.43. The molecule has 1 unspecified atom stereocenters. The highest BCUT2D eigenvalue weighted by Gasteiger charge is 2.13. The third-order valence-electron chi connectivity index (χ3n) is 4.93. The smallest absolute Gasteiger partial charge is 0.152 e. The minimum atomic E-state index is -1.53. The third kappa shape index (κ3) is 6.43. The number of aryl methyl sites for hydroxylation is 1. The highest BCUT2D eigenvalue weighted by Crippen LogP contribution is 2.33. The van der Waals surface area contributed by atoms with E-state index >= 15 is 0 Å². The van der Waals surface area contributed by atoms with Gasteiger partial charge in [0.25, 0.3) is 0 Å². The Labute approximate surface area is 210 Å². The van der Waals surface area contributed by atoms with Crippen LogP contribution in [0.1, 0.15) is 25.0 Å². The van der Waals surface area contributed by atoms with E-state index in [4.69, 9.17) is 23.2 Å². The molecule has 1 N–H and O–H groups in total. The number of halogens is 2. The van der Waals surface area contributed by atoms with Crippen molar-refractivity contribution in [2.75, 3.05) is 17.8 Å². The first-order chi connectivity index (χ1) is 15.5. The van der Waals surface area contributed by atoms with Gasteiger partial charge < -0.3 is 0 Å². The second-order valence-corrected chi connectivity index (χ2v) is 11.7. The Morgan fingerprint density at radius 1 is 0.969 bits per heavy atom. The molecule has 168 valence electrons. The zero-order chi connectivity index (χ0) is 22.5. The van der Waals surface area contributed by atoms with E-state index in [0.717, 1.165) is 15.5 Å². The molecule has 4 rings (SSSR count). The third-order valence-corrected chi connectivity index (χ3v) is 9.00. The molecule has 2 heterocycles. The lowest BCUT2D eigenvalue weighted by Crippen LogP contribution is -2.22. The summed E-state index contributed by atoms with van der Waals surface area (Å²) in [6.45, 7) is 4.29. The minimum absolute atomic E-state index is 0.356. The number of pyridine rings is 1. The summed E-state index contributed by atoms with van der Waals surface area (Å²) in [5, 5.41) is 0.860. The van der Waals surface area contributed by atoms with Crippen molar-refractivity contribution in [1.82, 2.24) is 9.29 Å². The summed E-state index contributed by atoms with van der Waals surface area (Å²) in [6.07, 6.45) is 3.93. The van der Waals surface area contributed by atoms with E-state index < -0.39 is 11.0 Å². The van der Waals surface area contributed by atoms with Gasteiger partial charge in [-0.2, -0.15) is 0 Å². The van der Waals surface area contributed by atoms with Crippen LogP contribution in [0.2, 0.25) is 10.0 Å². The molecule has 9 heteroatoms. The van der Waals surface area contributed by atoms with Crippen LogP contribution in [0.25, 0.3) is 0 Å². The molecule has 32 heavy (non-hydrogen) atoms. The Morgan fingerprint density at radius 2 is 1.69 bits per heavy atom. The summed E-state index contributed by atoms with van der Waals surface area (Å²) in [6, 6.07) is 17.4. The number of benzene rings is 2. The topological polar surface area (TPSA) is 45.2 Å². The first-order valence-corrected chi connectivity index (χ1v) is 13.8. The van der Waals surface area contributed by atoms with Gasteiger partial charge in [-0.05, 0) is 86.3 Å². The van der Waals surface area contributed by atoms with Crippen LogP contribution in [0.3, 0.4) is 0 Å². The summed E-state index contributed by atoms with van der Waals surface area (Å²) in [5.74, 6) is 0.532. The zero-order valence-corrected chi connectivity index (χ0v) is 21.5. The number of nitrogens with zero attached hydrogens (tertiary/aromatic N) is 2. The van der Waals surface area contributed by atoms with E-state index in [9.17, 15) is 4.21 Å². The van der Waals surface area contributed by atoms with E-state index in [-0.39, 0.29) is 0 Å². The van der Waals surface area contributed by atoms with Gasteiger partial charge in [-0.1, -0.05) is 41.4 Å². The van der Waals surface area contributed by atoms with Crippen LogP contribution >= 0.6 is 46.9 Å². The lowest BCUT2D eigenvalue weighted by Gasteiger charge is -2.25. The molecule has 0 radical (unpaired) electrons. The maximum atomic E-state index is 12.6. The summed E-state index contributed by atoms with van der Waals surface area (Å²) in [7, 11) is -1.53. The van der Waals surface area contributed by atoms with Crippen LogP contribution < -0.4 is 4.72 Å². The van der Waals surface area contributed by atoms with Crippen LogP contribution in [0.15, 0.2) is 74.2 Å². The number of hydrogen-bond acceptors (Lipinski definition) is 5. The Balaban J connectivity index is 1.38. The van der Waals surface area contributed by atoms with Crippen molar-refractivity contribution in [1.29, 1.82) is 0 Å². The standard InChI is InChI=1S/C23H23Cl2N3OS3/c1-16-21(30-18-6-8-19(9-7-18)31-28-13-3-2-4-14-28)10-12-23(26-16)27-32(29)22-11-5-17(24)15-20(22)25/h5-12,15H,2-4,13-14H2,1H3,(H,26,27). The van der Waals surface area contributed by atoms with Crippen molar-refractivity contribution in [3.05, 3.63) is 70.3 Å². The maximum absolute atomic E-state index is 12.6. The van der Waals surface area contributed by atoms with Crippen LogP contribution in [0.4, 0.5) is 5.82 Å². The number of anilines is 1. The van der Waals surface area contributed by atoms with E-state index in [0.29, 0.717) is 20.8 Å². The first kappa shape index (κ1) is 23.9. The van der Waals surface area contributed by atoms with Gasteiger partial charge in [0.05, 0.1) is 15.6 Å². The molecule has 1 atom stereocenters.